The first-order valence-electron chi connectivity index (χ1n) is 11.3. The number of carbonyl (C=O) groups excluding carboxylic acids is 1. The number of hydrogen-bond acceptors (Lipinski definition) is 5. The van der Waals surface area contributed by atoms with Crippen LogP contribution in [-0.2, 0) is 21.2 Å². The quantitative estimate of drug-likeness (QED) is 0.602. The van der Waals surface area contributed by atoms with Crippen LogP contribution in [0.1, 0.15) is 25.0 Å². The molecule has 0 radical (unpaired) electrons. The molecular formula is C25H30N4O3S. The van der Waals surface area contributed by atoms with Gasteiger partial charge in [-0.25, -0.2) is 8.42 Å². The van der Waals surface area contributed by atoms with Crippen molar-refractivity contribution in [3.8, 4) is 0 Å². The van der Waals surface area contributed by atoms with Gasteiger partial charge in [0.1, 0.15) is 4.90 Å². The Morgan fingerprint density at radius 3 is 2.45 bits per heavy atom. The summed E-state index contributed by atoms with van der Waals surface area (Å²) in [6, 6.07) is 14.7. The molecule has 2 aromatic carbocycles. The summed E-state index contributed by atoms with van der Waals surface area (Å²) >= 11 is 0. The average molecular weight is 467 g/mol. The van der Waals surface area contributed by atoms with Gasteiger partial charge in [0.2, 0.25) is 15.9 Å². The number of aromatic nitrogens is 1. The Bertz CT molecular complexity index is 1250. The number of benzene rings is 2. The predicted octanol–water partition coefficient (Wildman–Crippen LogP) is 3.44. The van der Waals surface area contributed by atoms with Crippen molar-refractivity contribution in [2.75, 3.05) is 31.5 Å². The molecule has 1 atom stereocenters. The number of fused-ring (bicyclic) bond motifs is 1. The van der Waals surface area contributed by atoms with Crippen LogP contribution < -0.4 is 5.32 Å². The molecule has 2 heterocycles. The van der Waals surface area contributed by atoms with E-state index in [1.807, 2.05) is 55.1 Å². The molecule has 1 amide bonds. The van der Waals surface area contributed by atoms with E-state index in [0.29, 0.717) is 31.7 Å². The Kier molecular flexibility index (Phi) is 6.78. The standard InChI is InChI=1S/C25H30N4O3S/c1-4-20-8-10-22(11-9-20)27-25(30)19(3)28-12-14-29(15-13-28)33(31,32)23-7-5-6-21-16-18(2)17-26-24(21)23/h5-11,16-17,19H,4,12-15H2,1-3H3,(H,27,30). The number of anilines is 1. The first-order chi connectivity index (χ1) is 15.8. The molecular weight excluding hydrogens is 436 g/mol. The van der Waals surface area contributed by atoms with Gasteiger partial charge in [0.25, 0.3) is 0 Å². The monoisotopic (exact) mass is 466 g/mol. The van der Waals surface area contributed by atoms with E-state index in [-0.39, 0.29) is 16.8 Å². The van der Waals surface area contributed by atoms with Gasteiger partial charge in [0.05, 0.1) is 11.6 Å². The molecule has 1 fully saturated rings. The fraction of sp³-hybridized carbons (Fsp3) is 0.360. The molecule has 1 saturated heterocycles. The number of pyridine rings is 1. The highest BCUT2D eigenvalue weighted by Crippen LogP contribution is 2.26. The topological polar surface area (TPSA) is 82.6 Å². The van der Waals surface area contributed by atoms with Crippen LogP contribution in [0.2, 0.25) is 0 Å². The summed E-state index contributed by atoms with van der Waals surface area (Å²) in [7, 11) is -3.68. The smallest absolute Gasteiger partial charge is 0.245 e. The maximum atomic E-state index is 13.4. The Morgan fingerprint density at radius 2 is 1.79 bits per heavy atom. The van der Waals surface area contributed by atoms with Crippen molar-refractivity contribution in [1.29, 1.82) is 0 Å². The number of aryl methyl sites for hydroxylation is 2. The molecule has 174 valence electrons. The van der Waals surface area contributed by atoms with E-state index >= 15 is 0 Å². The van der Waals surface area contributed by atoms with Crippen LogP contribution in [0.4, 0.5) is 5.69 Å². The number of nitrogens with one attached hydrogen (secondary N) is 1. The SMILES string of the molecule is CCc1ccc(NC(=O)C(C)N2CCN(S(=O)(=O)c3cccc4cc(C)cnc34)CC2)cc1. The van der Waals surface area contributed by atoms with Gasteiger partial charge < -0.3 is 5.32 Å². The second kappa shape index (κ2) is 9.59. The molecule has 1 aliphatic rings. The molecule has 33 heavy (non-hydrogen) atoms. The number of piperazine rings is 1. The van der Waals surface area contributed by atoms with Crippen molar-refractivity contribution in [2.24, 2.45) is 0 Å². The van der Waals surface area contributed by atoms with Gasteiger partial charge in [0.15, 0.2) is 0 Å². The summed E-state index contributed by atoms with van der Waals surface area (Å²) in [6.07, 6.45) is 2.64. The van der Waals surface area contributed by atoms with Gasteiger partial charge in [-0.15, -0.1) is 0 Å². The molecule has 1 aromatic heterocycles. The molecule has 3 aromatic rings. The van der Waals surface area contributed by atoms with Gasteiger partial charge in [-0.05, 0) is 55.7 Å². The molecule has 0 saturated carbocycles. The maximum absolute atomic E-state index is 13.4. The minimum Gasteiger partial charge on any atom is -0.325 e. The lowest BCUT2D eigenvalue weighted by atomic mass is 10.1. The minimum absolute atomic E-state index is 0.0934. The van der Waals surface area contributed by atoms with Crippen molar-refractivity contribution in [1.82, 2.24) is 14.2 Å². The number of amides is 1. The summed E-state index contributed by atoms with van der Waals surface area (Å²) in [5.41, 5.74) is 3.46. The lowest BCUT2D eigenvalue weighted by molar-refractivity contribution is -0.121. The molecule has 0 bridgehead atoms. The van der Waals surface area contributed by atoms with Crippen molar-refractivity contribution in [3.63, 3.8) is 0 Å². The second-order valence-corrected chi connectivity index (χ2v) is 10.4. The zero-order valence-electron chi connectivity index (χ0n) is 19.3. The van der Waals surface area contributed by atoms with Crippen molar-refractivity contribution in [3.05, 3.63) is 65.9 Å². The number of para-hydroxylation sites is 1. The highest BCUT2D eigenvalue weighted by molar-refractivity contribution is 7.89. The van der Waals surface area contributed by atoms with E-state index < -0.39 is 10.0 Å². The minimum atomic E-state index is -3.68. The first-order valence-corrected chi connectivity index (χ1v) is 12.7. The highest BCUT2D eigenvalue weighted by atomic mass is 32.2. The number of carbonyl (C=O) groups is 1. The van der Waals surface area contributed by atoms with Gasteiger partial charge >= 0.3 is 0 Å². The molecule has 1 unspecified atom stereocenters. The van der Waals surface area contributed by atoms with Crippen LogP contribution in [-0.4, -0.2) is 60.7 Å². The van der Waals surface area contributed by atoms with Crippen molar-refractivity contribution >= 4 is 32.5 Å². The third kappa shape index (κ3) is 4.93. The average Bonchev–Trinajstić information content (AvgIpc) is 2.83. The Morgan fingerprint density at radius 1 is 1.09 bits per heavy atom. The predicted molar refractivity (Wildman–Crippen MR) is 131 cm³/mol. The lowest BCUT2D eigenvalue weighted by Crippen LogP contribution is -2.53. The van der Waals surface area contributed by atoms with Crippen LogP contribution in [0.5, 0.6) is 0 Å². The summed E-state index contributed by atoms with van der Waals surface area (Å²) in [5.74, 6) is -0.0934. The fourth-order valence-electron chi connectivity index (χ4n) is 4.16. The van der Waals surface area contributed by atoms with Crippen LogP contribution in [0.25, 0.3) is 10.9 Å². The summed E-state index contributed by atoms with van der Waals surface area (Å²) in [5, 5.41) is 3.77. The summed E-state index contributed by atoms with van der Waals surface area (Å²) < 4.78 is 28.3. The second-order valence-electron chi connectivity index (χ2n) is 8.50. The number of sulfonamides is 1. The zero-order chi connectivity index (χ0) is 23.6. The fourth-order valence-corrected chi connectivity index (χ4v) is 5.75. The Balaban J connectivity index is 1.42. The van der Waals surface area contributed by atoms with Crippen molar-refractivity contribution < 1.29 is 13.2 Å². The first kappa shape index (κ1) is 23.4. The molecule has 0 aliphatic carbocycles. The van der Waals surface area contributed by atoms with E-state index in [4.69, 9.17) is 0 Å². The number of hydrogen-bond donors (Lipinski definition) is 1. The third-order valence-electron chi connectivity index (χ3n) is 6.26. The Hall–Kier alpha value is -2.81. The van der Waals surface area contributed by atoms with Gasteiger partial charge in [-0.2, -0.15) is 4.31 Å². The van der Waals surface area contributed by atoms with Crippen LogP contribution >= 0.6 is 0 Å². The van der Waals surface area contributed by atoms with Crippen molar-refractivity contribution in [2.45, 2.75) is 38.1 Å². The summed E-state index contributed by atoms with van der Waals surface area (Å²) in [4.78, 5) is 19.4. The van der Waals surface area contributed by atoms with E-state index in [2.05, 4.69) is 17.2 Å². The lowest BCUT2D eigenvalue weighted by Gasteiger charge is -2.36. The largest absolute Gasteiger partial charge is 0.325 e. The number of rotatable bonds is 6. The Labute approximate surface area is 195 Å². The summed E-state index contributed by atoms with van der Waals surface area (Å²) in [6.45, 7) is 7.51. The third-order valence-corrected chi connectivity index (χ3v) is 8.19. The number of nitrogens with zero attached hydrogens (tertiary/aromatic N) is 3. The molecule has 4 rings (SSSR count). The maximum Gasteiger partial charge on any atom is 0.245 e. The van der Waals surface area contributed by atoms with E-state index in [9.17, 15) is 13.2 Å². The molecule has 0 spiro atoms. The normalized spacial score (nSPS) is 16.6. The molecule has 1 aliphatic heterocycles. The molecule has 1 N–H and O–H groups in total. The van der Waals surface area contributed by atoms with E-state index in [1.54, 1.807) is 18.3 Å². The van der Waals surface area contributed by atoms with Crippen LogP contribution in [0.15, 0.2) is 59.6 Å². The van der Waals surface area contributed by atoms with E-state index in [0.717, 1.165) is 23.1 Å². The van der Waals surface area contributed by atoms with Gasteiger partial charge in [-0.1, -0.05) is 31.2 Å². The van der Waals surface area contributed by atoms with E-state index in [1.165, 1.54) is 9.87 Å². The zero-order valence-corrected chi connectivity index (χ0v) is 20.1. The highest BCUT2D eigenvalue weighted by Gasteiger charge is 2.33. The van der Waals surface area contributed by atoms with Gasteiger partial charge in [-0.3, -0.25) is 14.7 Å². The van der Waals surface area contributed by atoms with Crippen LogP contribution in [0.3, 0.4) is 0 Å². The molecule has 8 heteroatoms. The van der Waals surface area contributed by atoms with Crippen LogP contribution in [0, 0.1) is 6.92 Å². The van der Waals surface area contributed by atoms with Gasteiger partial charge in [0, 0.05) is 43.4 Å². The molecule has 7 nitrogen and oxygen atoms in total.